The van der Waals surface area contributed by atoms with Gasteiger partial charge >= 0.3 is 12.2 Å². The Hall–Kier alpha value is -4.30. The number of halogens is 2. The summed E-state index contributed by atoms with van der Waals surface area (Å²) in [5.74, 6) is -1.32. The summed E-state index contributed by atoms with van der Waals surface area (Å²) in [5, 5.41) is 0. The molecule has 2 fully saturated rings. The van der Waals surface area contributed by atoms with Crippen molar-refractivity contribution in [3.8, 4) is 11.5 Å². The first-order valence-electron chi connectivity index (χ1n) is 19.0. The average Bonchev–Trinajstić information content (AvgIpc) is 3.09. The summed E-state index contributed by atoms with van der Waals surface area (Å²) in [6.07, 6.45) is 0.546. The molecular formula is C41H54F2N2O10. The lowest BCUT2D eigenvalue weighted by Gasteiger charge is -2.49. The molecule has 2 aromatic rings. The lowest BCUT2D eigenvalue weighted by atomic mass is 9.73. The molecule has 1 atom stereocenters. The number of piperidine rings is 2. The van der Waals surface area contributed by atoms with E-state index in [0.29, 0.717) is 82.1 Å². The molecule has 0 N–H and O–H groups in total. The van der Waals surface area contributed by atoms with E-state index in [1.807, 2.05) is 55.4 Å². The summed E-state index contributed by atoms with van der Waals surface area (Å²) in [6.45, 7) is 17.0. The number of nitrogens with zero attached hydrogens (tertiary/aromatic N) is 2. The molecule has 55 heavy (non-hydrogen) atoms. The number of Topliss-reactive ketones (excluding diaryl/α,β-unsaturated/α-hetero) is 2. The largest absolute Gasteiger partial charge is 0.486 e. The number of carbonyl (C=O) groups is 4. The Labute approximate surface area is 321 Å². The molecule has 4 heterocycles. The number of rotatable bonds is 5. The van der Waals surface area contributed by atoms with Gasteiger partial charge in [0.05, 0.1) is 17.5 Å². The molecule has 4 aliphatic heterocycles. The Morgan fingerprint density at radius 1 is 0.745 bits per heavy atom. The first-order valence-corrected chi connectivity index (χ1v) is 19.0. The first kappa shape index (κ1) is 41.9. The van der Waals surface area contributed by atoms with Crippen molar-refractivity contribution in [3.63, 3.8) is 0 Å². The Balaban J connectivity index is 0.000000218. The van der Waals surface area contributed by atoms with Gasteiger partial charge in [-0.1, -0.05) is 0 Å². The van der Waals surface area contributed by atoms with Gasteiger partial charge in [-0.3, -0.25) is 9.59 Å². The van der Waals surface area contributed by atoms with E-state index < -0.39 is 52.3 Å². The van der Waals surface area contributed by atoms with E-state index in [2.05, 4.69) is 0 Å². The zero-order valence-electron chi connectivity index (χ0n) is 33.1. The number of ether oxygens (including phenoxy) is 6. The van der Waals surface area contributed by atoms with Crippen LogP contribution in [0.3, 0.4) is 0 Å². The van der Waals surface area contributed by atoms with Crippen LogP contribution in [0.25, 0.3) is 0 Å². The van der Waals surface area contributed by atoms with Gasteiger partial charge in [0, 0.05) is 65.1 Å². The minimum atomic E-state index is -0.921. The lowest BCUT2D eigenvalue weighted by molar-refractivity contribution is -0.198. The van der Waals surface area contributed by atoms with E-state index in [0.717, 1.165) is 0 Å². The molecule has 2 saturated heterocycles. The highest BCUT2D eigenvalue weighted by Crippen LogP contribution is 2.46. The standard InChI is InChI=1S/C23H32FNO6.C18H22FNO4/c1-6-28-20(29-7-2)18-19(26)16-14-15(24)8-9-17(16)30-23(18)10-12-25(13-11-23)21(27)31-22(3,4)5;1-17(2,3)24-16(22)20-8-6-18(7-9-20)11-14(21)13-10-12(19)4-5-15(13)23-18/h8-9,14,18,20H,6-7,10-13H2,1-5H3;4-5,10H,6-9,11H2,1-3H3. The van der Waals surface area contributed by atoms with E-state index >= 15 is 0 Å². The molecule has 0 bridgehead atoms. The molecule has 2 amide bonds. The third kappa shape index (κ3) is 9.93. The Morgan fingerprint density at radius 2 is 1.20 bits per heavy atom. The monoisotopic (exact) mass is 772 g/mol. The lowest BCUT2D eigenvalue weighted by Crippen LogP contribution is -2.61. The normalized spacial score (nSPS) is 20.2. The minimum absolute atomic E-state index is 0.110. The third-order valence-electron chi connectivity index (χ3n) is 9.94. The van der Waals surface area contributed by atoms with Gasteiger partial charge in [0.15, 0.2) is 17.9 Å². The van der Waals surface area contributed by atoms with Crippen LogP contribution in [-0.4, -0.2) is 102 Å². The summed E-state index contributed by atoms with van der Waals surface area (Å²) in [7, 11) is 0. The molecule has 12 nitrogen and oxygen atoms in total. The van der Waals surface area contributed by atoms with Crippen molar-refractivity contribution in [2.75, 3.05) is 39.4 Å². The number of ketones is 2. The van der Waals surface area contributed by atoms with Crippen molar-refractivity contribution in [2.45, 2.75) is 116 Å². The highest BCUT2D eigenvalue weighted by atomic mass is 19.1. The van der Waals surface area contributed by atoms with E-state index in [4.69, 9.17) is 28.4 Å². The molecule has 0 radical (unpaired) electrons. The van der Waals surface area contributed by atoms with E-state index in [-0.39, 0.29) is 29.6 Å². The van der Waals surface area contributed by atoms with Gasteiger partial charge in [-0.05, 0) is 91.8 Å². The number of hydrogen-bond donors (Lipinski definition) is 0. The maximum Gasteiger partial charge on any atom is 0.410 e. The van der Waals surface area contributed by atoms with Crippen LogP contribution in [0.2, 0.25) is 0 Å². The predicted octanol–water partition coefficient (Wildman–Crippen LogP) is 7.75. The second kappa shape index (κ2) is 16.4. The molecule has 6 rings (SSSR count). The number of benzene rings is 2. The SMILES string of the molecule is CC(C)(C)OC(=O)N1CCC2(CC1)CC(=O)c1cc(F)ccc1O2.CCOC(OCC)C1C(=O)c2cc(F)ccc2OC12CCN(C(=O)OC(C)(C)C)CC2. The van der Waals surface area contributed by atoms with Crippen LogP contribution in [0.1, 0.15) is 108 Å². The molecule has 1 unspecified atom stereocenters. The summed E-state index contributed by atoms with van der Waals surface area (Å²) >= 11 is 0. The molecule has 2 spiro atoms. The van der Waals surface area contributed by atoms with Crippen molar-refractivity contribution < 1.29 is 56.4 Å². The van der Waals surface area contributed by atoms with Crippen LogP contribution in [0, 0.1) is 17.6 Å². The Morgan fingerprint density at radius 3 is 1.67 bits per heavy atom. The smallest absolute Gasteiger partial charge is 0.410 e. The van der Waals surface area contributed by atoms with Gasteiger partial charge in [-0.15, -0.1) is 0 Å². The van der Waals surface area contributed by atoms with Crippen LogP contribution in [-0.2, 0) is 18.9 Å². The minimum Gasteiger partial charge on any atom is -0.486 e. The van der Waals surface area contributed by atoms with Crippen molar-refractivity contribution in [3.05, 3.63) is 59.2 Å². The van der Waals surface area contributed by atoms with Crippen LogP contribution in [0.5, 0.6) is 11.5 Å². The fraction of sp³-hybridized carbons (Fsp3) is 0.610. The molecule has 4 aliphatic rings. The first-order chi connectivity index (χ1) is 25.8. The summed E-state index contributed by atoms with van der Waals surface area (Å²) in [6, 6.07) is 7.98. The fourth-order valence-corrected chi connectivity index (χ4v) is 7.39. The molecule has 0 saturated carbocycles. The second-order valence-electron chi connectivity index (χ2n) is 16.4. The maximum atomic E-state index is 13.9. The highest BCUT2D eigenvalue weighted by Gasteiger charge is 2.56. The van der Waals surface area contributed by atoms with Gasteiger partial charge in [-0.25, -0.2) is 18.4 Å². The number of amides is 2. The van der Waals surface area contributed by atoms with Gasteiger partial charge in [0.25, 0.3) is 0 Å². The molecule has 0 aliphatic carbocycles. The topological polar surface area (TPSA) is 130 Å². The quantitative estimate of drug-likeness (QED) is 0.278. The van der Waals surface area contributed by atoms with E-state index in [1.54, 1.807) is 9.80 Å². The average molecular weight is 773 g/mol. The van der Waals surface area contributed by atoms with E-state index in [1.165, 1.54) is 36.4 Å². The molecule has 0 aromatic heterocycles. The number of fused-ring (bicyclic) bond motifs is 2. The van der Waals surface area contributed by atoms with Gasteiger partial charge in [-0.2, -0.15) is 0 Å². The van der Waals surface area contributed by atoms with Crippen molar-refractivity contribution in [1.82, 2.24) is 9.80 Å². The zero-order valence-corrected chi connectivity index (χ0v) is 33.1. The van der Waals surface area contributed by atoms with Gasteiger partial charge < -0.3 is 38.2 Å². The summed E-state index contributed by atoms with van der Waals surface area (Å²) < 4.78 is 62.0. The summed E-state index contributed by atoms with van der Waals surface area (Å²) in [4.78, 5) is 53.8. The Kier molecular flexibility index (Phi) is 12.5. The predicted molar refractivity (Wildman–Crippen MR) is 197 cm³/mol. The highest BCUT2D eigenvalue weighted by molar-refractivity contribution is 6.02. The van der Waals surface area contributed by atoms with Gasteiger partial charge in [0.2, 0.25) is 0 Å². The fourth-order valence-electron chi connectivity index (χ4n) is 7.39. The third-order valence-corrected chi connectivity index (χ3v) is 9.94. The molecule has 302 valence electrons. The summed E-state index contributed by atoms with van der Waals surface area (Å²) in [5.41, 5.74) is -2.17. The molecule has 14 heteroatoms. The van der Waals surface area contributed by atoms with Crippen LogP contribution >= 0.6 is 0 Å². The van der Waals surface area contributed by atoms with E-state index in [9.17, 15) is 28.0 Å². The van der Waals surface area contributed by atoms with Crippen molar-refractivity contribution >= 4 is 23.8 Å². The van der Waals surface area contributed by atoms with Crippen molar-refractivity contribution in [2.24, 2.45) is 5.92 Å². The van der Waals surface area contributed by atoms with Crippen LogP contribution in [0.4, 0.5) is 18.4 Å². The van der Waals surface area contributed by atoms with Crippen LogP contribution < -0.4 is 9.47 Å². The second-order valence-corrected chi connectivity index (χ2v) is 16.4. The molecular weight excluding hydrogens is 718 g/mol. The number of carbonyl (C=O) groups excluding carboxylic acids is 4. The molecule has 2 aromatic carbocycles. The zero-order chi connectivity index (χ0) is 40.3. The van der Waals surface area contributed by atoms with Gasteiger partial charge in [0.1, 0.15) is 51.5 Å². The maximum absolute atomic E-state index is 13.9. The Bertz CT molecular complexity index is 1730. The van der Waals surface area contributed by atoms with Crippen molar-refractivity contribution in [1.29, 1.82) is 0 Å². The number of hydrogen-bond acceptors (Lipinski definition) is 10. The number of likely N-dealkylation sites (tertiary alicyclic amines) is 2. The van der Waals surface area contributed by atoms with Crippen LogP contribution in [0.15, 0.2) is 36.4 Å².